The monoisotopic (exact) mass is 857 g/mol. The second-order valence-electron chi connectivity index (χ2n) is 10.5. The van der Waals surface area contributed by atoms with Crippen molar-refractivity contribution in [2.45, 2.75) is 26.5 Å². The number of hydrogen-bond donors (Lipinski definition) is 1. The van der Waals surface area contributed by atoms with Crippen molar-refractivity contribution < 1.29 is 9.53 Å². The van der Waals surface area contributed by atoms with Crippen molar-refractivity contribution in [2.75, 3.05) is 5.32 Å². The molecule has 5 aromatic rings. The summed E-state index contributed by atoms with van der Waals surface area (Å²) < 4.78 is 10.2. The molecule has 1 amide bonds. The number of rotatable bonds is 7. The maximum atomic E-state index is 14.1. The molecule has 0 aliphatic carbocycles. The molecule has 1 N–H and O–H groups in total. The summed E-state index contributed by atoms with van der Waals surface area (Å²) in [4.78, 5) is 33.2. The van der Waals surface area contributed by atoms with Gasteiger partial charge in [-0.1, -0.05) is 89.2 Å². The molecule has 226 valence electrons. The summed E-state index contributed by atoms with van der Waals surface area (Å²) >= 11 is 12.1. The number of thiazole rings is 1. The van der Waals surface area contributed by atoms with Crippen LogP contribution in [0.2, 0.25) is 5.02 Å². The van der Waals surface area contributed by atoms with Crippen molar-refractivity contribution in [3.05, 3.63) is 156 Å². The lowest BCUT2D eigenvalue weighted by Crippen LogP contribution is -2.40. The van der Waals surface area contributed by atoms with E-state index in [1.165, 1.54) is 11.3 Å². The van der Waals surface area contributed by atoms with Crippen LogP contribution in [0.15, 0.2) is 112 Å². The van der Waals surface area contributed by atoms with Gasteiger partial charge < -0.3 is 10.1 Å². The van der Waals surface area contributed by atoms with Gasteiger partial charge in [-0.05, 0) is 107 Å². The number of anilines is 1. The van der Waals surface area contributed by atoms with E-state index in [0.717, 1.165) is 35.1 Å². The summed E-state index contributed by atoms with van der Waals surface area (Å²) in [6, 6.07) is 28.2. The Balaban J connectivity index is 1.39. The van der Waals surface area contributed by atoms with Crippen molar-refractivity contribution in [1.82, 2.24) is 4.57 Å². The molecule has 4 aromatic carbocycles. The maximum absolute atomic E-state index is 14.1. The minimum atomic E-state index is -0.631. The van der Waals surface area contributed by atoms with Crippen LogP contribution in [0.1, 0.15) is 35.2 Å². The number of amides is 1. The van der Waals surface area contributed by atoms with Crippen molar-refractivity contribution in [3.8, 4) is 5.75 Å². The number of fused-ring (bicyclic) bond motifs is 1. The number of para-hydroxylation sites is 1. The van der Waals surface area contributed by atoms with Crippen LogP contribution in [0.25, 0.3) is 6.08 Å². The Kier molecular flexibility index (Phi) is 9.60. The summed E-state index contributed by atoms with van der Waals surface area (Å²) in [6.45, 7) is 4.18. The van der Waals surface area contributed by atoms with Crippen LogP contribution in [-0.2, 0) is 11.4 Å². The van der Waals surface area contributed by atoms with E-state index in [4.69, 9.17) is 21.3 Å². The third-order valence-electron chi connectivity index (χ3n) is 7.34. The third kappa shape index (κ3) is 6.81. The number of carbonyl (C=O) groups is 1. The number of allylic oxidation sites excluding steroid dienone is 1. The number of nitrogens with zero attached hydrogens (tertiary/aromatic N) is 2. The fourth-order valence-electron chi connectivity index (χ4n) is 5.11. The lowest BCUT2D eigenvalue weighted by molar-refractivity contribution is -0.113. The normalized spacial score (nSPS) is 14.6. The fourth-order valence-corrected chi connectivity index (χ4v) is 8.48. The number of nitrogens with one attached hydrogen (secondary N) is 1. The van der Waals surface area contributed by atoms with E-state index < -0.39 is 6.04 Å². The molecule has 1 atom stereocenters. The smallest absolute Gasteiger partial charge is 0.271 e. The number of hydrogen-bond acceptors (Lipinski definition) is 5. The lowest BCUT2D eigenvalue weighted by atomic mass is 9.94. The Morgan fingerprint density at radius 2 is 1.67 bits per heavy atom. The highest BCUT2D eigenvalue weighted by Gasteiger charge is 2.32. The van der Waals surface area contributed by atoms with Gasteiger partial charge in [-0.2, -0.15) is 0 Å². The van der Waals surface area contributed by atoms with Crippen LogP contribution >= 0.6 is 68.1 Å². The lowest BCUT2D eigenvalue weighted by Gasteiger charge is -2.25. The van der Waals surface area contributed by atoms with Gasteiger partial charge in [-0.15, -0.1) is 0 Å². The average Bonchev–Trinajstić information content (AvgIpc) is 3.31. The largest absolute Gasteiger partial charge is 0.487 e. The number of halogens is 3. The SMILES string of the molecule is CC1=C(C(=O)Nc2ccccc2)[C@H](c2ccc(C)cc2)n2c(s/c(=C\c3cc(I)c(OCc4ccccc4Cl)c(I)c3)c2=O)=N1. The van der Waals surface area contributed by atoms with E-state index in [9.17, 15) is 9.59 Å². The van der Waals surface area contributed by atoms with Crippen LogP contribution < -0.4 is 24.9 Å². The highest BCUT2D eigenvalue weighted by molar-refractivity contribution is 14.1. The summed E-state index contributed by atoms with van der Waals surface area (Å²) in [5.74, 6) is 0.470. The molecule has 6 rings (SSSR count). The second kappa shape index (κ2) is 13.6. The zero-order valence-electron chi connectivity index (χ0n) is 24.2. The summed E-state index contributed by atoms with van der Waals surface area (Å²) in [5, 5.41) is 3.66. The Morgan fingerprint density at radius 3 is 2.36 bits per heavy atom. The Bertz CT molecular complexity index is 2120. The second-order valence-corrected chi connectivity index (χ2v) is 14.2. The third-order valence-corrected chi connectivity index (χ3v) is 10.3. The quantitative estimate of drug-likeness (QED) is 0.171. The van der Waals surface area contributed by atoms with Gasteiger partial charge in [0.1, 0.15) is 12.4 Å². The van der Waals surface area contributed by atoms with Gasteiger partial charge in [-0.25, -0.2) is 4.99 Å². The van der Waals surface area contributed by atoms with Crippen LogP contribution in [-0.4, -0.2) is 10.5 Å². The Labute approximate surface area is 296 Å². The van der Waals surface area contributed by atoms with Crippen LogP contribution in [0.3, 0.4) is 0 Å². The zero-order chi connectivity index (χ0) is 31.7. The van der Waals surface area contributed by atoms with Gasteiger partial charge in [0, 0.05) is 16.3 Å². The van der Waals surface area contributed by atoms with Gasteiger partial charge in [0.05, 0.1) is 29.0 Å². The minimum absolute atomic E-state index is 0.203. The van der Waals surface area contributed by atoms with E-state index in [0.29, 0.717) is 37.9 Å². The molecule has 0 saturated carbocycles. The molecule has 0 bridgehead atoms. The fraction of sp³-hybridized carbons (Fsp3) is 0.114. The van der Waals surface area contributed by atoms with E-state index in [-0.39, 0.29) is 11.5 Å². The van der Waals surface area contributed by atoms with E-state index >= 15 is 0 Å². The van der Waals surface area contributed by atoms with Gasteiger partial charge in [0.15, 0.2) is 4.80 Å². The predicted octanol–water partition coefficient (Wildman–Crippen LogP) is 7.62. The molecule has 0 spiro atoms. The number of ether oxygens (including phenoxy) is 1. The number of carbonyl (C=O) groups excluding carboxylic acids is 1. The minimum Gasteiger partial charge on any atom is -0.487 e. The molecule has 0 saturated heterocycles. The molecule has 1 aromatic heterocycles. The first-order valence-electron chi connectivity index (χ1n) is 14.0. The van der Waals surface area contributed by atoms with Crippen molar-refractivity contribution in [1.29, 1.82) is 0 Å². The van der Waals surface area contributed by atoms with Gasteiger partial charge >= 0.3 is 0 Å². The standard InChI is InChI=1S/C35H26ClI2N3O3S/c1-20-12-14-23(15-13-20)31-30(33(42)40-25-9-4-3-5-10-25)21(2)39-35-41(31)34(43)29(45-35)18-22-16-27(37)32(28(38)17-22)44-19-24-8-6-7-11-26(24)36/h3-18,31H,19H2,1-2H3,(H,40,42)/b29-18-/t31-/m0/s1. The highest BCUT2D eigenvalue weighted by atomic mass is 127. The summed E-state index contributed by atoms with van der Waals surface area (Å²) in [5.41, 5.74) is 5.18. The first-order valence-corrected chi connectivity index (χ1v) is 17.4. The number of aromatic nitrogens is 1. The van der Waals surface area contributed by atoms with E-state index in [1.807, 2.05) is 111 Å². The van der Waals surface area contributed by atoms with Crippen LogP contribution in [0.4, 0.5) is 5.69 Å². The van der Waals surface area contributed by atoms with Crippen LogP contribution in [0.5, 0.6) is 5.75 Å². The summed E-state index contributed by atoms with van der Waals surface area (Å²) in [6.07, 6.45) is 1.88. The first kappa shape index (κ1) is 31.7. The first-order chi connectivity index (χ1) is 21.7. The maximum Gasteiger partial charge on any atom is 0.271 e. The van der Waals surface area contributed by atoms with Crippen LogP contribution in [0, 0.1) is 14.1 Å². The molecule has 10 heteroatoms. The van der Waals surface area contributed by atoms with E-state index in [2.05, 4.69) is 50.5 Å². The van der Waals surface area contributed by atoms with Crippen molar-refractivity contribution in [2.24, 2.45) is 4.99 Å². The molecule has 6 nitrogen and oxygen atoms in total. The predicted molar refractivity (Wildman–Crippen MR) is 198 cm³/mol. The van der Waals surface area contributed by atoms with Gasteiger partial charge in [0.2, 0.25) is 0 Å². The average molecular weight is 858 g/mol. The van der Waals surface area contributed by atoms with Crippen molar-refractivity contribution >= 4 is 85.8 Å². The molecule has 2 heterocycles. The Hall–Kier alpha value is -3.26. The van der Waals surface area contributed by atoms with Gasteiger partial charge in [0.25, 0.3) is 11.5 Å². The molecule has 1 aliphatic rings. The topological polar surface area (TPSA) is 72.7 Å². The summed E-state index contributed by atoms with van der Waals surface area (Å²) in [7, 11) is 0. The molecular formula is C35H26ClI2N3O3S. The molecule has 0 fully saturated rings. The number of benzene rings is 4. The van der Waals surface area contributed by atoms with E-state index in [1.54, 1.807) is 4.57 Å². The Morgan fingerprint density at radius 1 is 1.00 bits per heavy atom. The molecule has 45 heavy (non-hydrogen) atoms. The molecule has 1 aliphatic heterocycles. The molecular weight excluding hydrogens is 832 g/mol. The molecule has 0 unspecified atom stereocenters. The van der Waals surface area contributed by atoms with Crippen molar-refractivity contribution in [3.63, 3.8) is 0 Å². The van der Waals surface area contributed by atoms with Gasteiger partial charge in [-0.3, -0.25) is 14.2 Å². The highest BCUT2D eigenvalue weighted by Crippen LogP contribution is 2.32. The number of aryl methyl sites for hydroxylation is 1. The zero-order valence-corrected chi connectivity index (χ0v) is 30.1. The molecule has 0 radical (unpaired) electrons.